The van der Waals surface area contributed by atoms with Crippen LogP contribution < -0.4 is 10.2 Å². The molecule has 2 N–H and O–H groups in total. The molecule has 3 rings (SSSR count). The molecular weight excluding hydrogens is 318 g/mol. The summed E-state index contributed by atoms with van der Waals surface area (Å²) in [7, 11) is 0. The van der Waals surface area contributed by atoms with Crippen molar-refractivity contribution in [1.82, 2.24) is 15.2 Å². The minimum Gasteiger partial charge on any atom is -0.504 e. The van der Waals surface area contributed by atoms with Gasteiger partial charge in [-0.2, -0.15) is 0 Å². The second-order valence-corrected chi connectivity index (χ2v) is 5.75. The van der Waals surface area contributed by atoms with Gasteiger partial charge in [-0.3, -0.25) is 4.79 Å². The quantitative estimate of drug-likeness (QED) is 0.893. The number of halogens is 1. The molecule has 2 aromatic heterocycles. The standard InChI is InChI=1S/C15H16ClN5O2/c16-12-5-6-13(20-19-12)21-8-2-3-10(9-21)15(23)18-14-11(22)4-1-7-17-14/h1,4-7,10,22H,2-3,8-9H2,(H,17,18,23)/t10-/m0/s1. The number of rotatable bonds is 3. The van der Waals surface area contributed by atoms with Crippen LogP contribution in [0.15, 0.2) is 30.5 Å². The maximum Gasteiger partial charge on any atom is 0.230 e. The Labute approximate surface area is 138 Å². The van der Waals surface area contributed by atoms with Crippen molar-refractivity contribution in [2.45, 2.75) is 12.8 Å². The molecule has 0 aliphatic carbocycles. The Morgan fingerprint density at radius 2 is 2.22 bits per heavy atom. The van der Waals surface area contributed by atoms with Gasteiger partial charge in [0.2, 0.25) is 5.91 Å². The number of aromatic nitrogens is 3. The Bertz CT molecular complexity index is 695. The maximum atomic E-state index is 12.4. The summed E-state index contributed by atoms with van der Waals surface area (Å²) in [6.45, 7) is 1.35. The van der Waals surface area contributed by atoms with Gasteiger partial charge in [-0.25, -0.2) is 4.98 Å². The van der Waals surface area contributed by atoms with Gasteiger partial charge in [0, 0.05) is 19.3 Å². The van der Waals surface area contributed by atoms with Crippen LogP contribution in [0.2, 0.25) is 5.15 Å². The second kappa shape index (κ2) is 6.78. The summed E-state index contributed by atoms with van der Waals surface area (Å²) in [5.74, 6) is 0.471. The van der Waals surface area contributed by atoms with E-state index in [9.17, 15) is 9.90 Å². The van der Waals surface area contributed by atoms with Gasteiger partial charge in [0.15, 0.2) is 22.5 Å². The summed E-state index contributed by atoms with van der Waals surface area (Å²) < 4.78 is 0. The van der Waals surface area contributed by atoms with Gasteiger partial charge in [-0.15, -0.1) is 10.2 Å². The van der Waals surface area contributed by atoms with Crippen LogP contribution in [0.3, 0.4) is 0 Å². The van der Waals surface area contributed by atoms with Gasteiger partial charge in [0.1, 0.15) is 0 Å². The number of aromatic hydroxyl groups is 1. The molecule has 2 aromatic rings. The van der Waals surface area contributed by atoms with Gasteiger partial charge in [-0.1, -0.05) is 11.6 Å². The summed E-state index contributed by atoms with van der Waals surface area (Å²) in [5.41, 5.74) is 0. The van der Waals surface area contributed by atoms with Crippen molar-refractivity contribution in [3.63, 3.8) is 0 Å². The Kier molecular flexibility index (Phi) is 4.57. The maximum absolute atomic E-state index is 12.4. The van der Waals surface area contributed by atoms with E-state index in [4.69, 9.17) is 11.6 Å². The van der Waals surface area contributed by atoms with Crippen LogP contribution in [0.25, 0.3) is 0 Å². The number of pyridine rings is 1. The zero-order valence-electron chi connectivity index (χ0n) is 12.3. The van der Waals surface area contributed by atoms with Crippen LogP contribution in [0, 0.1) is 5.92 Å². The number of nitrogens with one attached hydrogen (secondary N) is 1. The highest BCUT2D eigenvalue weighted by Gasteiger charge is 2.27. The van der Waals surface area contributed by atoms with E-state index in [1.54, 1.807) is 18.2 Å². The molecule has 0 radical (unpaired) electrons. The lowest BCUT2D eigenvalue weighted by Crippen LogP contribution is -2.41. The third-order valence-electron chi connectivity index (χ3n) is 3.76. The highest BCUT2D eigenvalue weighted by Crippen LogP contribution is 2.24. The molecule has 0 spiro atoms. The summed E-state index contributed by atoms with van der Waals surface area (Å²) in [6.07, 6.45) is 3.17. The lowest BCUT2D eigenvalue weighted by atomic mass is 9.97. The molecule has 1 aliphatic heterocycles. The average molecular weight is 334 g/mol. The fourth-order valence-corrected chi connectivity index (χ4v) is 2.69. The first-order chi connectivity index (χ1) is 11.1. The number of nitrogens with zero attached hydrogens (tertiary/aromatic N) is 4. The first-order valence-electron chi connectivity index (χ1n) is 7.32. The molecule has 1 aliphatic rings. The van der Waals surface area contributed by atoms with Crippen molar-refractivity contribution in [1.29, 1.82) is 0 Å². The lowest BCUT2D eigenvalue weighted by Gasteiger charge is -2.32. The molecule has 7 nitrogen and oxygen atoms in total. The molecule has 3 heterocycles. The lowest BCUT2D eigenvalue weighted by molar-refractivity contribution is -0.120. The first kappa shape index (κ1) is 15.5. The predicted octanol–water partition coefficient (Wildman–Crippen LogP) is 2.09. The van der Waals surface area contributed by atoms with E-state index in [1.165, 1.54) is 12.3 Å². The smallest absolute Gasteiger partial charge is 0.230 e. The van der Waals surface area contributed by atoms with Crippen molar-refractivity contribution in [2.75, 3.05) is 23.3 Å². The zero-order valence-corrected chi connectivity index (χ0v) is 13.1. The van der Waals surface area contributed by atoms with Crippen LogP contribution in [0.1, 0.15) is 12.8 Å². The van der Waals surface area contributed by atoms with Gasteiger partial charge < -0.3 is 15.3 Å². The van der Waals surface area contributed by atoms with E-state index in [0.29, 0.717) is 17.5 Å². The fourth-order valence-electron chi connectivity index (χ4n) is 2.59. The number of piperidine rings is 1. The molecule has 0 unspecified atom stereocenters. The number of carbonyl (C=O) groups excluding carboxylic acids is 1. The normalized spacial score (nSPS) is 17.8. The highest BCUT2D eigenvalue weighted by atomic mass is 35.5. The SMILES string of the molecule is O=C(Nc1ncccc1O)[C@H]1CCCN(c2ccc(Cl)nn2)C1. The molecule has 0 aromatic carbocycles. The summed E-state index contributed by atoms with van der Waals surface area (Å²) in [6, 6.07) is 6.56. The van der Waals surface area contributed by atoms with Crippen molar-refractivity contribution in [3.05, 3.63) is 35.6 Å². The molecule has 1 atom stereocenters. The predicted molar refractivity (Wildman–Crippen MR) is 86.5 cm³/mol. The monoisotopic (exact) mass is 333 g/mol. The Morgan fingerprint density at radius 3 is 2.96 bits per heavy atom. The molecule has 1 fully saturated rings. The Morgan fingerprint density at radius 1 is 1.35 bits per heavy atom. The number of hydrogen-bond donors (Lipinski definition) is 2. The number of amides is 1. The third-order valence-corrected chi connectivity index (χ3v) is 3.96. The average Bonchev–Trinajstić information content (AvgIpc) is 2.58. The van der Waals surface area contributed by atoms with Crippen molar-refractivity contribution >= 4 is 29.1 Å². The molecular formula is C15H16ClN5O2. The van der Waals surface area contributed by atoms with Crippen molar-refractivity contribution in [2.24, 2.45) is 5.92 Å². The number of anilines is 2. The van der Waals surface area contributed by atoms with E-state index < -0.39 is 0 Å². The van der Waals surface area contributed by atoms with E-state index in [2.05, 4.69) is 20.5 Å². The van der Waals surface area contributed by atoms with Crippen LogP contribution in [0.4, 0.5) is 11.6 Å². The number of carbonyl (C=O) groups is 1. The van der Waals surface area contributed by atoms with Gasteiger partial charge in [0.25, 0.3) is 0 Å². The molecule has 0 bridgehead atoms. The zero-order chi connectivity index (χ0) is 16.2. The van der Waals surface area contributed by atoms with Crippen LogP contribution in [-0.4, -0.2) is 39.3 Å². The molecule has 120 valence electrons. The van der Waals surface area contributed by atoms with Crippen LogP contribution in [-0.2, 0) is 4.79 Å². The van der Waals surface area contributed by atoms with Gasteiger partial charge in [0.05, 0.1) is 5.92 Å². The summed E-state index contributed by atoms with van der Waals surface area (Å²) >= 11 is 5.75. The molecule has 8 heteroatoms. The van der Waals surface area contributed by atoms with E-state index in [-0.39, 0.29) is 23.4 Å². The van der Waals surface area contributed by atoms with E-state index >= 15 is 0 Å². The highest BCUT2D eigenvalue weighted by molar-refractivity contribution is 6.29. The van der Waals surface area contributed by atoms with Gasteiger partial charge >= 0.3 is 0 Å². The Balaban J connectivity index is 1.67. The first-order valence-corrected chi connectivity index (χ1v) is 7.70. The van der Waals surface area contributed by atoms with E-state index in [0.717, 1.165) is 19.4 Å². The largest absolute Gasteiger partial charge is 0.504 e. The van der Waals surface area contributed by atoms with Gasteiger partial charge in [-0.05, 0) is 37.1 Å². The van der Waals surface area contributed by atoms with Crippen molar-refractivity contribution in [3.8, 4) is 5.75 Å². The molecule has 0 saturated carbocycles. The topological polar surface area (TPSA) is 91.2 Å². The minimum absolute atomic E-state index is 0.0444. The summed E-state index contributed by atoms with van der Waals surface area (Å²) in [4.78, 5) is 18.4. The summed E-state index contributed by atoms with van der Waals surface area (Å²) in [5, 5.41) is 20.6. The van der Waals surface area contributed by atoms with Crippen molar-refractivity contribution < 1.29 is 9.90 Å². The molecule has 1 amide bonds. The Hall–Kier alpha value is -2.41. The third kappa shape index (κ3) is 3.68. The minimum atomic E-state index is -0.206. The molecule has 1 saturated heterocycles. The molecule has 23 heavy (non-hydrogen) atoms. The van der Waals surface area contributed by atoms with Crippen LogP contribution >= 0.6 is 11.6 Å². The van der Waals surface area contributed by atoms with Crippen LogP contribution in [0.5, 0.6) is 5.75 Å². The fraction of sp³-hybridized carbons (Fsp3) is 0.333. The second-order valence-electron chi connectivity index (χ2n) is 5.36. The van der Waals surface area contributed by atoms with E-state index in [1.807, 2.05) is 4.90 Å². The number of hydrogen-bond acceptors (Lipinski definition) is 6.